The summed E-state index contributed by atoms with van der Waals surface area (Å²) in [4.78, 5) is 25.5. The lowest BCUT2D eigenvalue weighted by atomic mass is 9.96. The predicted octanol–water partition coefficient (Wildman–Crippen LogP) is 4.00. The molecule has 0 heterocycles. The molecule has 0 saturated heterocycles. The van der Waals surface area contributed by atoms with E-state index in [-0.39, 0.29) is 17.4 Å². The molecule has 0 radical (unpaired) electrons. The number of amides is 2. The van der Waals surface area contributed by atoms with E-state index in [0.29, 0.717) is 24.1 Å². The zero-order chi connectivity index (χ0) is 20.9. The Kier molecular flexibility index (Phi) is 4.19. The summed E-state index contributed by atoms with van der Waals surface area (Å²) in [6.45, 7) is 1.91. The van der Waals surface area contributed by atoms with Gasteiger partial charge in [0.05, 0.1) is 11.1 Å². The smallest absolute Gasteiger partial charge is 0.252 e. The van der Waals surface area contributed by atoms with Gasteiger partial charge in [0.15, 0.2) is 0 Å². The van der Waals surface area contributed by atoms with Gasteiger partial charge in [0.25, 0.3) is 5.91 Å². The van der Waals surface area contributed by atoms with E-state index in [9.17, 15) is 9.59 Å². The molecule has 0 atom stereocenters. The fourth-order valence-electron chi connectivity index (χ4n) is 4.08. The van der Waals surface area contributed by atoms with E-state index in [2.05, 4.69) is 34.9 Å². The molecule has 3 aromatic rings. The summed E-state index contributed by atoms with van der Waals surface area (Å²) in [7, 11) is 0. The van der Waals surface area contributed by atoms with E-state index in [1.54, 1.807) is 6.07 Å². The van der Waals surface area contributed by atoms with Crippen LogP contribution >= 0.6 is 0 Å². The van der Waals surface area contributed by atoms with Crippen LogP contribution in [0.15, 0.2) is 60.7 Å². The van der Waals surface area contributed by atoms with E-state index in [4.69, 9.17) is 5.73 Å². The van der Waals surface area contributed by atoms with Crippen molar-refractivity contribution in [1.29, 1.82) is 0 Å². The first-order valence-corrected chi connectivity index (χ1v) is 10.4. The maximum absolute atomic E-state index is 13.2. The molecular weight excluding hydrogens is 374 g/mol. The average Bonchev–Trinajstić information content (AvgIpc) is 3.67. The molecule has 0 unspecified atom stereocenters. The number of rotatable bonds is 5. The first-order valence-electron chi connectivity index (χ1n) is 10.4. The Labute approximate surface area is 175 Å². The van der Waals surface area contributed by atoms with Crippen molar-refractivity contribution in [1.82, 2.24) is 5.32 Å². The van der Waals surface area contributed by atoms with Gasteiger partial charge in [0, 0.05) is 11.3 Å². The fourth-order valence-corrected chi connectivity index (χ4v) is 4.08. The van der Waals surface area contributed by atoms with E-state index in [1.807, 2.05) is 37.3 Å². The Morgan fingerprint density at radius 1 is 0.933 bits per heavy atom. The highest BCUT2D eigenvalue weighted by Crippen LogP contribution is 2.48. The van der Waals surface area contributed by atoms with E-state index < -0.39 is 5.54 Å². The summed E-state index contributed by atoms with van der Waals surface area (Å²) >= 11 is 0. The van der Waals surface area contributed by atoms with Crippen molar-refractivity contribution in [2.24, 2.45) is 5.73 Å². The van der Waals surface area contributed by atoms with Crippen molar-refractivity contribution >= 4 is 28.3 Å². The van der Waals surface area contributed by atoms with Crippen molar-refractivity contribution in [3.8, 4) is 0 Å². The highest BCUT2D eigenvalue weighted by Gasteiger charge is 2.47. The average molecular weight is 399 g/mol. The van der Waals surface area contributed by atoms with Crippen LogP contribution in [0, 0.1) is 6.92 Å². The zero-order valence-electron chi connectivity index (χ0n) is 17.0. The number of carbonyl (C=O) groups is 2. The molecule has 5 rings (SSSR count). The predicted molar refractivity (Wildman–Crippen MR) is 118 cm³/mol. The van der Waals surface area contributed by atoms with E-state index in [0.717, 1.165) is 24.0 Å². The van der Waals surface area contributed by atoms with Crippen molar-refractivity contribution < 1.29 is 9.59 Å². The van der Waals surface area contributed by atoms with Gasteiger partial charge >= 0.3 is 0 Å². The number of nitrogens with two attached hydrogens (primary N) is 1. The van der Waals surface area contributed by atoms with Crippen LogP contribution < -0.4 is 16.4 Å². The summed E-state index contributed by atoms with van der Waals surface area (Å²) in [6.07, 6.45) is 3.23. The van der Waals surface area contributed by atoms with Crippen LogP contribution in [0.3, 0.4) is 0 Å². The molecule has 2 aliphatic rings. The first kappa shape index (κ1) is 18.8. The van der Waals surface area contributed by atoms with Gasteiger partial charge < -0.3 is 16.4 Å². The first-order chi connectivity index (χ1) is 14.4. The van der Waals surface area contributed by atoms with Gasteiger partial charge in [-0.25, -0.2) is 0 Å². The number of aryl methyl sites for hydroxylation is 1. The number of nitrogens with one attached hydrogen (secondary N) is 2. The van der Waals surface area contributed by atoms with Crippen molar-refractivity contribution in [2.75, 3.05) is 5.32 Å². The third-order valence-corrected chi connectivity index (χ3v) is 6.39. The van der Waals surface area contributed by atoms with Crippen LogP contribution in [0.5, 0.6) is 0 Å². The molecule has 3 aromatic carbocycles. The highest BCUT2D eigenvalue weighted by molar-refractivity contribution is 6.02. The highest BCUT2D eigenvalue weighted by atomic mass is 16.2. The van der Waals surface area contributed by atoms with Crippen LogP contribution in [-0.2, 0) is 10.3 Å². The topological polar surface area (TPSA) is 84.2 Å². The molecule has 2 amide bonds. The van der Waals surface area contributed by atoms with Gasteiger partial charge in [-0.15, -0.1) is 0 Å². The molecule has 0 aliphatic heterocycles. The molecule has 2 fully saturated rings. The molecule has 2 aliphatic carbocycles. The number of carbonyl (C=O) groups excluding carboxylic acids is 2. The van der Waals surface area contributed by atoms with Crippen molar-refractivity contribution in [3.63, 3.8) is 0 Å². The van der Waals surface area contributed by atoms with Gasteiger partial charge in [-0.1, -0.05) is 48.5 Å². The minimum absolute atomic E-state index is 0.122. The standard InChI is InChI=1S/C25H25N3O2/c1-16-9-10-18(27-23(30)24(26)11-12-24)15-20(16)22(29)28-25(13-14-25)21-8-4-6-17-5-2-3-7-19(17)21/h2-10,15H,11-14,26H2,1H3,(H,27,30)(H,28,29). The van der Waals surface area contributed by atoms with Gasteiger partial charge in [-0.05, 0) is 66.6 Å². The summed E-state index contributed by atoms with van der Waals surface area (Å²) in [5.74, 6) is -0.310. The number of hydrogen-bond donors (Lipinski definition) is 3. The number of hydrogen-bond acceptors (Lipinski definition) is 3. The molecule has 5 heteroatoms. The van der Waals surface area contributed by atoms with Crippen LogP contribution in [0.2, 0.25) is 0 Å². The monoisotopic (exact) mass is 399 g/mol. The molecule has 0 spiro atoms. The van der Waals surface area contributed by atoms with Crippen LogP contribution in [0.4, 0.5) is 5.69 Å². The second-order valence-electron chi connectivity index (χ2n) is 8.70. The summed E-state index contributed by atoms with van der Waals surface area (Å²) in [5, 5.41) is 8.48. The zero-order valence-corrected chi connectivity index (χ0v) is 17.0. The van der Waals surface area contributed by atoms with Gasteiger partial charge in [0.1, 0.15) is 0 Å². The third kappa shape index (κ3) is 3.25. The van der Waals surface area contributed by atoms with E-state index in [1.165, 1.54) is 10.8 Å². The van der Waals surface area contributed by atoms with Gasteiger partial charge in [-0.2, -0.15) is 0 Å². The lowest BCUT2D eigenvalue weighted by Gasteiger charge is -2.21. The van der Waals surface area contributed by atoms with Crippen LogP contribution in [0.25, 0.3) is 10.8 Å². The SMILES string of the molecule is Cc1ccc(NC(=O)C2(N)CC2)cc1C(=O)NC1(c2cccc3ccccc23)CC1. The Bertz CT molecular complexity index is 1170. The molecule has 2 saturated carbocycles. The van der Waals surface area contributed by atoms with Crippen LogP contribution in [-0.4, -0.2) is 17.4 Å². The fraction of sp³-hybridized carbons (Fsp3) is 0.280. The number of fused-ring (bicyclic) bond motifs is 1. The third-order valence-electron chi connectivity index (χ3n) is 6.39. The lowest BCUT2D eigenvalue weighted by molar-refractivity contribution is -0.118. The lowest BCUT2D eigenvalue weighted by Crippen LogP contribution is -2.38. The molecule has 152 valence electrons. The second-order valence-corrected chi connectivity index (χ2v) is 8.70. The number of benzene rings is 3. The summed E-state index contributed by atoms with van der Waals surface area (Å²) in [6, 6.07) is 19.9. The molecule has 0 bridgehead atoms. The second kappa shape index (κ2) is 6.67. The quantitative estimate of drug-likeness (QED) is 0.606. The Balaban J connectivity index is 1.41. The van der Waals surface area contributed by atoms with Gasteiger partial charge in [-0.3, -0.25) is 9.59 Å². The summed E-state index contributed by atoms with van der Waals surface area (Å²) in [5.41, 5.74) is 8.09. The summed E-state index contributed by atoms with van der Waals surface area (Å²) < 4.78 is 0. The van der Waals surface area contributed by atoms with Crippen molar-refractivity contribution in [2.45, 2.75) is 43.7 Å². The Morgan fingerprint density at radius 3 is 2.40 bits per heavy atom. The molecule has 30 heavy (non-hydrogen) atoms. The van der Waals surface area contributed by atoms with Crippen molar-refractivity contribution in [3.05, 3.63) is 77.4 Å². The molecule has 0 aromatic heterocycles. The molecule has 4 N–H and O–H groups in total. The van der Waals surface area contributed by atoms with E-state index >= 15 is 0 Å². The minimum atomic E-state index is -0.750. The largest absolute Gasteiger partial charge is 0.342 e. The molecular formula is C25H25N3O2. The molecule has 5 nitrogen and oxygen atoms in total. The minimum Gasteiger partial charge on any atom is -0.342 e. The maximum Gasteiger partial charge on any atom is 0.252 e. The Hall–Kier alpha value is -3.18. The normalized spacial score (nSPS) is 17.9. The Morgan fingerprint density at radius 2 is 1.67 bits per heavy atom. The van der Waals surface area contributed by atoms with Gasteiger partial charge in [0.2, 0.25) is 5.91 Å². The number of anilines is 1. The van der Waals surface area contributed by atoms with Crippen LogP contribution in [0.1, 0.15) is 47.2 Å². The maximum atomic E-state index is 13.2.